The third kappa shape index (κ3) is 3.70. The summed E-state index contributed by atoms with van der Waals surface area (Å²) >= 11 is 0. The molecule has 0 N–H and O–H groups in total. The van der Waals surface area contributed by atoms with Crippen molar-refractivity contribution < 1.29 is 22.7 Å². The van der Waals surface area contributed by atoms with Gasteiger partial charge < -0.3 is 9.64 Å². The molecular weight excluding hydrogens is 363 g/mol. The number of esters is 1. The van der Waals surface area contributed by atoms with Gasteiger partial charge in [-0.25, -0.2) is 0 Å². The SMILES string of the molecule is O=C(OC1CCCC1)C1CCN(c2ccc3nnc(C(F)(F)F)n3n2)CC1. The highest BCUT2D eigenvalue weighted by atomic mass is 19.4. The Balaban J connectivity index is 1.42. The van der Waals surface area contributed by atoms with Crippen molar-refractivity contribution in [1.29, 1.82) is 0 Å². The third-order valence-electron chi connectivity index (χ3n) is 5.24. The number of nitrogens with zero attached hydrogens (tertiary/aromatic N) is 5. The minimum Gasteiger partial charge on any atom is -0.462 e. The van der Waals surface area contributed by atoms with Gasteiger partial charge in [0.15, 0.2) is 5.65 Å². The number of hydrogen-bond donors (Lipinski definition) is 0. The topological polar surface area (TPSA) is 72.6 Å². The highest BCUT2D eigenvalue weighted by Gasteiger charge is 2.38. The average molecular weight is 383 g/mol. The Labute approximate surface area is 153 Å². The molecule has 146 valence electrons. The van der Waals surface area contributed by atoms with Crippen LogP contribution in [0.15, 0.2) is 12.1 Å². The largest absolute Gasteiger partial charge is 0.462 e. The van der Waals surface area contributed by atoms with Crippen LogP contribution in [0, 0.1) is 5.92 Å². The standard InChI is InChI=1S/C17H20F3N5O2/c18-17(19,20)16-22-21-13-5-6-14(23-25(13)16)24-9-7-11(8-10-24)15(26)27-12-3-1-2-4-12/h5-6,11-12H,1-4,7-10H2. The number of anilines is 1. The number of aromatic nitrogens is 4. The summed E-state index contributed by atoms with van der Waals surface area (Å²) in [5.74, 6) is -1.04. The molecule has 1 saturated heterocycles. The van der Waals surface area contributed by atoms with Gasteiger partial charge in [0, 0.05) is 13.1 Å². The summed E-state index contributed by atoms with van der Waals surface area (Å²) in [6, 6.07) is 3.09. The predicted molar refractivity (Wildman–Crippen MR) is 89.1 cm³/mol. The first kappa shape index (κ1) is 18.0. The molecule has 2 aliphatic rings. The second-order valence-corrected chi connectivity index (χ2v) is 7.09. The lowest BCUT2D eigenvalue weighted by atomic mass is 9.97. The molecule has 1 aliphatic heterocycles. The lowest BCUT2D eigenvalue weighted by Crippen LogP contribution is -2.38. The number of alkyl halides is 3. The Morgan fingerprint density at radius 1 is 1.07 bits per heavy atom. The van der Waals surface area contributed by atoms with Crippen molar-refractivity contribution in [3.05, 3.63) is 18.0 Å². The fraction of sp³-hybridized carbons (Fsp3) is 0.647. The Morgan fingerprint density at radius 3 is 2.44 bits per heavy atom. The van der Waals surface area contributed by atoms with E-state index in [9.17, 15) is 18.0 Å². The van der Waals surface area contributed by atoms with Crippen molar-refractivity contribution in [2.75, 3.05) is 18.0 Å². The first-order valence-electron chi connectivity index (χ1n) is 9.17. The van der Waals surface area contributed by atoms with Crippen LogP contribution in [0.5, 0.6) is 0 Å². The third-order valence-corrected chi connectivity index (χ3v) is 5.24. The van der Waals surface area contributed by atoms with Gasteiger partial charge in [0.2, 0.25) is 0 Å². The second-order valence-electron chi connectivity index (χ2n) is 7.09. The van der Waals surface area contributed by atoms with Gasteiger partial charge in [0.25, 0.3) is 5.82 Å². The molecule has 4 rings (SSSR count). The Morgan fingerprint density at radius 2 is 1.78 bits per heavy atom. The summed E-state index contributed by atoms with van der Waals surface area (Å²) in [6.45, 7) is 1.07. The number of piperidine rings is 1. The van der Waals surface area contributed by atoms with Crippen molar-refractivity contribution in [2.24, 2.45) is 5.92 Å². The highest BCUT2D eigenvalue weighted by molar-refractivity contribution is 5.73. The summed E-state index contributed by atoms with van der Waals surface area (Å²) in [7, 11) is 0. The molecule has 2 fully saturated rings. The molecule has 2 aromatic rings. The van der Waals surface area contributed by atoms with Gasteiger partial charge in [0.1, 0.15) is 11.9 Å². The van der Waals surface area contributed by atoms with Gasteiger partial charge >= 0.3 is 12.1 Å². The smallest absolute Gasteiger partial charge is 0.453 e. The van der Waals surface area contributed by atoms with Crippen LogP contribution >= 0.6 is 0 Å². The molecule has 7 nitrogen and oxygen atoms in total. The summed E-state index contributed by atoms with van der Waals surface area (Å²) in [5, 5.41) is 10.7. The van der Waals surface area contributed by atoms with E-state index in [1.54, 1.807) is 6.07 Å². The molecule has 27 heavy (non-hydrogen) atoms. The van der Waals surface area contributed by atoms with Crippen LogP contribution in [-0.4, -0.2) is 45.0 Å². The number of carbonyl (C=O) groups is 1. The number of carbonyl (C=O) groups excluding carboxylic acids is 1. The molecule has 0 aromatic carbocycles. The number of hydrogen-bond acceptors (Lipinski definition) is 6. The Bertz CT molecular complexity index is 824. The second kappa shape index (κ2) is 6.97. The molecule has 0 atom stereocenters. The maximum Gasteiger partial charge on any atom is 0.453 e. The van der Waals surface area contributed by atoms with Crippen molar-refractivity contribution in [1.82, 2.24) is 19.8 Å². The van der Waals surface area contributed by atoms with Crippen LogP contribution in [0.4, 0.5) is 19.0 Å². The lowest BCUT2D eigenvalue weighted by molar-refractivity contribution is -0.154. The van der Waals surface area contributed by atoms with E-state index in [1.807, 2.05) is 4.90 Å². The van der Waals surface area contributed by atoms with Gasteiger partial charge in [-0.1, -0.05) is 0 Å². The minimum absolute atomic E-state index is 0.0427. The van der Waals surface area contributed by atoms with Crippen LogP contribution in [-0.2, 0) is 15.7 Å². The normalized spacial score (nSPS) is 19.7. The number of rotatable bonds is 3. The lowest BCUT2D eigenvalue weighted by Gasteiger charge is -2.32. The molecule has 1 saturated carbocycles. The molecule has 1 aliphatic carbocycles. The van der Waals surface area contributed by atoms with Crippen LogP contribution in [0.2, 0.25) is 0 Å². The summed E-state index contributed by atoms with van der Waals surface area (Å²) in [5.41, 5.74) is 0.0427. The summed E-state index contributed by atoms with van der Waals surface area (Å²) in [6.07, 6.45) is 0.709. The van der Waals surface area contributed by atoms with Crippen molar-refractivity contribution >= 4 is 17.4 Å². The van der Waals surface area contributed by atoms with E-state index in [-0.39, 0.29) is 23.6 Å². The minimum atomic E-state index is -4.62. The van der Waals surface area contributed by atoms with E-state index in [1.165, 1.54) is 6.07 Å². The zero-order valence-electron chi connectivity index (χ0n) is 14.7. The van der Waals surface area contributed by atoms with Crippen molar-refractivity contribution in [2.45, 2.75) is 50.8 Å². The summed E-state index contributed by atoms with van der Waals surface area (Å²) in [4.78, 5) is 14.2. The average Bonchev–Trinajstić information content (AvgIpc) is 3.30. The molecule has 0 amide bonds. The zero-order valence-corrected chi connectivity index (χ0v) is 14.7. The van der Waals surface area contributed by atoms with Crippen molar-refractivity contribution in [3.63, 3.8) is 0 Å². The fourth-order valence-electron chi connectivity index (χ4n) is 3.74. The van der Waals surface area contributed by atoms with E-state index in [2.05, 4.69) is 15.3 Å². The Hall–Kier alpha value is -2.39. The maximum atomic E-state index is 13.0. The molecule has 3 heterocycles. The van der Waals surface area contributed by atoms with Gasteiger partial charge in [0.05, 0.1) is 5.92 Å². The molecule has 0 radical (unpaired) electrons. The van der Waals surface area contributed by atoms with E-state index >= 15 is 0 Å². The van der Waals surface area contributed by atoms with Gasteiger partial charge in [-0.05, 0) is 50.7 Å². The van der Waals surface area contributed by atoms with E-state index < -0.39 is 12.0 Å². The van der Waals surface area contributed by atoms with Gasteiger partial charge in [-0.2, -0.15) is 17.7 Å². The molecular formula is C17H20F3N5O2. The Kier molecular flexibility index (Phi) is 4.65. The van der Waals surface area contributed by atoms with Gasteiger partial charge in [-0.15, -0.1) is 15.3 Å². The number of halogens is 3. The molecule has 0 bridgehead atoms. The fourth-order valence-corrected chi connectivity index (χ4v) is 3.74. The highest BCUT2D eigenvalue weighted by Crippen LogP contribution is 2.29. The molecule has 0 unspecified atom stereocenters. The van der Waals surface area contributed by atoms with E-state index in [4.69, 9.17) is 4.74 Å². The summed E-state index contributed by atoms with van der Waals surface area (Å²) < 4.78 is 45.3. The van der Waals surface area contributed by atoms with Gasteiger partial charge in [-0.3, -0.25) is 4.79 Å². The first-order chi connectivity index (χ1) is 12.9. The first-order valence-corrected chi connectivity index (χ1v) is 9.17. The maximum absolute atomic E-state index is 13.0. The predicted octanol–water partition coefficient (Wildman–Crippen LogP) is 2.85. The number of fused-ring (bicyclic) bond motifs is 1. The van der Waals surface area contributed by atoms with Crippen LogP contribution < -0.4 is 4.90 Å². The van der Waals surface area contributed by atoms with Crippen molar-refractivity contribution in [3.8, 4) is 0 Å². The van der Waals surface area contributed by atoms with Crippen LogP contribution in [0.1, 0.15) is 44.3 Å². The molecule has 2 aromatic heterocycles. The quantitative estimate of drug-likeness (QED) is 0.759. The van der Waals surface area contributed by atoms with Crippen LogP contribution in [0.3, 0.4) is 0 Å². The number of ether oxygens (including phenoxy) is 1. The molecule has 0 spiro atoms. The monoisotopic (exact) mass is 383 g/mol. The van der Waals surface area contributed by atoms with E-state index in [0.29, 0.717) is 31.7 Å². The zero-order chi connectivity index (χ0) is 19.0. The van der Waals surface area contributed by atoms with E-state index in [0.717, 1.165) is 30.2 Å². The molecule has 10 heteroatoms. The van der Waals surface area contributed by atoms with Crippen LogP contribution in [0.25, 0.3) is 5.65 Å².